The first-order valence-corrected chi connectivity index (χ1v) is 8.83. The van der Waals surface area contributed by atoms with E-state index >= 15 is 0 Å². The lowest BCUT2D eigenvalue weighted by Gasteiger charge is -2.41. The van der Waals surface area contributed by atoms with Gasteiger partial charge in [0.15, 0.2) is 11.5 Å². The molecule has 0 spiro atoms. The van der Waals surface area contributed by atoms with E-state index in [9.17, 15) is 4.79 Å². The van der Waals surface area contributed by atoms with Crippen LogP contribution in [0, 0.1) is 6.92 Å². The molecule has 0 aromatic heterocycles. The van der Waals surface area contributed by atoms with Gasteiger partial charge in [-0.05, 0) is 49.2 Å². The number of nitrogens with zero attached hydrogens (tertiary/aromatic N) is 1. The summed E-state index contributed by atoms with van der Waals surface area (Å²) in [6.45, 7) is 9.79. The van der Waals surface area contributed by atoms with Gasteiger partial charge in [-0.1, -0.05) is 0 Å². The van der Waals surface area contributed by atoms with Gasteiger partial charge in [-0.15, -0.1) is 0 Å². The standard InChI is InChI=1S/C17H23BrN2O4/c1-9-11(10-7-20(8-10)16(21)24-17(2,3)4)14-15(13(19)12(9)18)23-6-5-22-14/h10H,5-8,19H2,1-4H3. The average Bonchev–Trinajstić information content (AvgIpc) is 2.45. The smallest absolute Gasteiger partial charge is 0.410 e. The number of fused-ring (bicyclic) bond motifs is 1. The molecule has 3 rings (SSSR count). The summed E-state index contributed by atoms with van der Waals surface area (Å²) >= 11 is 3.55. The highest BCUT2D eigenvalue weighted by Gasteiger charge is 2.39. The van der Waals surface area contributed by atoms with Crippen LogP contribution in [0.25, 0.3) is 0 Å². The zero-order valence-corrected chi connectivity index (χ0v) is 16.0. The monoisotopic (exact) mass is 398 g/mol. The third-order valence-electron chi connectivity index (χ3n) is 4.18. The van der Waals surface area contributed by atoms with Crippen molar-refractivity contribution in [3.8, 4) is 11.5 Å². The van der Waals surface area contributed by atoms with E-state index in [-0.39, 0.29) is 12.0 Å². The molecular weight excluding hydrogens is 376 g/mol. The molecule has 1 saturated heterocycles. The molecule has 0 bridgehead atoms. The summed E-state index contributed by atoms with van der Waals surface area (Å²) in [7, 11) is 0. The number of halogens is 1. The number of anilines is 1. The fourth-order valence-electron chi connectivity index (χ4n) is 3.04. The number of carbonyl (C=O) groups is 1. The first-order chi connectivity index (χ1) is 11.2. The van der Waals surface area contributed by atoms with Crippen molar-refractivity contribution < 1.29 is 19.0 Å². The number of rotatable bonds is 1. The van der Waals surface area contributed by atoms with Crippen molar-refractivity contribution in [3.05, 3.63) is 15.6 Å². The van der Waals surface area contributed by atoms with Crippen LogP contribution in [-0.4, -0.2) is 42.9 Å². The second kappa shape index (κ2) is 6.02. The summed E-state index contributed by atoms with van der Waals surface area (Å²) < 4.78 is 17.8. The number of amides is 1. The van der Waals surface area contributed by atoms with E-state index in [0.717, 1.165) is 15.6 Å². The Kier molecular flexibility index (Phi) is 4.32. The minimum absolute atomic E-state index is 0.185. The minimum atomic E-state index is -0.488. The first-order valence-electron chi connectivity index (χ1n) is 8.04. The largest absolute Gasteiger partial charge is 0.486 e. The van der Waals surface area contributed by atoms with Crippen LogP contribution in [0.2, 0.25) is 0 Å². The molecule has 0 aliphatic carbocycles. The van der Waals surface area contributed by atoms with Crippen molar-refractivity contribution in [3.63, 3.8) is 0 Å². The molecule has 1 aromatic carbocycles. The SMILES string of the molecule is Cc1c(Br)c(N)c2c(c1C1CN(C(=O)OC(C)(C)C)C1)OCCO2. The van der Waals surface area contributed by atoms with Crippen LogP contribution in [-0.2, 0) is 4.74 Å². The number of carbonyl (C=O) groups excluding carboxylic acids is 1. The summed E-state index contributed by atoms with van der Waals surface area (Å²) in [6.07, 6.45) is -0.281. The molecule has 1 aromatic rings. The van der Waals surface area contributed by atoms with E-state index in [2.05, 4.69) is 15.9 Å². The lowest BCUT2D eigenvalue weighted by atomic mass is 9.87. The maximum absolute atomic E-state index is 12.1. The fourth-order valence-corrected chi connectivity index (χ4v) is 3.43. The molecule has 1 fully saturated rings. The van der Waals surface area contributed by atoms with Gasteiger partial charge in [-0.25, -0.2) is 4.79 Å². The third-order valence-corrected chi connectivity index (χ3v) is 5.20. The van der Waals surface area contributed by atoms with Crippen LogP contribution in [0.4, 0.5) is 10.5 Å². The summed E-state index contributed by atoms with van der Waals surface area (Å²) in [5.74, 6) is 1.50. The van der Waals surface area contributed by atoms with Gasteiger partial charge in [0, 0.05) is 29.0 Å². The highest BCUT2D eigenvalue weighted by molar-refractivity contribution is 9.10. The predicted molar refractivity (Wildman–Crippen MR) is 94.8 cm³/mol. The Labute approximate surface area is 150 Å². The quantitative estimate of drug-likeness (QED) is 0.733. The predicted octanol–water partition coefficient (Wildman–Crippen LogP) is 3.45. The van der Waals surface area contributed by atoms with E-state index in [1.165, 1.54) is 0 Å². The lowest BCUT2D eigenvalue weighted by molar-refractivity contribution is 0.00775. The number of hydrogen-bond acceptors (Lipinski definition) is 5. The Morgan fingerprint density at radius 1 is 1.25 bits per heavy atom. The van der Waals surface area contributed by atoms with Gasteiger partial charge in [0.25, 0.3) is 0 Å². The molecule has 0 atom stereocenters. The molecule has 2 N–H and O–H groups in total. The number of likely N-dealkylation sites (tertiary alicyclic amines) is 1. The molecule has 6 nitrogen and oxygen atoms in total. The van der Waals surface area contributed by atoms with Crippen molar-refractivity contribution >= 4 is 27.7 Å². The van der Waals surface area contributed by atoms with E-state index in [4.69, 9.17) is 19.9 Å². The van der Waals surface area contributed by atoms with Crippen molar-refractivity contribution in [1.82, 2.24) is 4.90 Å². The number of ether oxygens (including phenoxy) is 3. The molecule has 0 radical (unpaired) electrons. The molecule has 24 heavy (non-hydrogen) atoms. The molecule has 2 aliphatic heterocycles. The number of nitrogen functional groups attached to an aromatic ring is 1. The normalized spacial score (nSPS) is 17.5. The van der Waals surface area contributed by atoms with E-state index in [1.54, 1.807) is 4.90 Å². The average molecular weight is 399 g/mol. The van der Waals surface area contributed by atoms with E-state index < -0.39 is 5.60 Å². The minimum Gasteiger partial charge on any atom is -0.486 e. The molecule has 132 valence electrons. The van der Waals surface area contributed by atoms with Crippen molar-refractivity contribution in [1.29, 1.82) is 0 Å². The maximum atomic E-state index is 12.1. The molecule has 2 aliphatic rings. The van der Waals surface area contributed by atoms with Crippen LogP contribution in [0.15, 0.2) is 4.47 Å². The van der Waals surface area contributed by atoms with Gasteiger partial charge < -0.3 is 24.8 Å². The third kappa shape index (κ3) is 3.01. The van der Waals surface area contributed by atoms with Crippen molar-refractivity contribution in [2.24, 2.45) is 0 Å². The number of benzene rings is 1. The van der Waals surface area contributed by atoms with E-state index in [0.29, 0.717) is 43.5 Å². The fraction of sp³-hybridized carbons (Fsp3) is 0.588. The summed E-state index contributed by atoms with van der Waals surface area (Å²) in [4.78, 5) is 13.8. The zero-order chi connectivity index (χ0) is 17.6. The zero-order valence-electron chi connectivity index (χ0n) is 14.4. The van der Waals surface area contributed by atoms with Crippen LogP contribution < -0.4 is 15.2 Å². The van der Waals surface area contributed by atoms with Crippen LogP contribution in [0.1, 0.15) is 37.8 Å². The highest BCUT2D eigenvalue weighted by Crippen LogP contribution is 2.50. The van der Waals surface area contributed by atoms with Gasteiger partial charge in [0.1, 0.15) is 18.8 Å². The highest BCUT2D eigenvalue weighted by atomic mass is 79.9. The van der Waals surface area contributed by atoms with Crippen LogP contribution >= 0.6 is 15.9 Å². The molecule has 1 amide bonds. The molecule has 0 saturated carbocycles. The van der Waals surface area contributed by atoms with Crippen LogP contribution in [0.5, 0.6) is 11.5 Å². The Hall–Kier alpha value is -1.63. The van der Waals surface area contributed by atoms with Gasteiger partial charge in [0.05, 0.1) is 5.69 Å². The van der Waals surface area contributed by atoms with Gasteiger partial charge in [0.2, 0.25) is 0 Å². The molecule has 7 heteroatoms. The Morgan fingerprint density at radius 3 is 2.42 bits per heavy atom. The van der Waals surface area contributed by atoms with Gasteiger partial charge in [-0.2, -0.15) is 0 Å². The molecular formula is C17H23BrN2O4. The molecule has 2 heterocycles. The second-order valence-corrected chi connectivity index (χ2v) is 8.00. The van der Waals surface area contributed by atoms with Crippen molar-refractivity contribution in [2.45, 2.75) is 39.2 Å². The summed E-state index contributed by atoms with van der Waals surface area (Å²) in [6, 6.07) is 0. The summed E-state index contributed by atoms with van der Waals surface area (Å²) in [5, 5.41) is 0. The van der Waals surface area contributed by atoms with Gasteiger partial charge >= 0.3 is 6.09 Å². The first kappa shape index (κ1) is 17.2. The van der Waals surface area contributed by atoms with E-state index in [1.807, 2.05) is 27.7 Å². The molecule has 0 unspecified atom stereocenters. The van der Waals surface area contributed by atoms with Crippen LogP contribution in [0.3, 0.4) is 0 Å². The van der Waals surface area contributed by atoms with Gasteiger partial charge in [-0.3, -0.25) is 0 Å². The lowest BCUT2D eigenvalue weighted by Crippen LogP contribution is -2.50. The van der Waals surface area contributed by atoms with Crippen molar-refractivity contribution in [2.75, 3.05) is 32.0 Å². The Bertz CT molecular complexity index is 678. The maximum Gasteiger partial charge on any atom is 0.410 e. The second-order valence-electron chi connectivity index (χ2n) is 7.20. The Morgan fingerprint density at radius 2 is 1.83 bits per heavy atom. The Balaban J connectivity index is 1.82. The summed E-state index contributed by atoms with van der Waals surface area (Å²) in [5.41, 5.74) is 8.31. The number of nitrogens with two attached hydrogens (primary N) is 1. The topological polar surface area (TPSA) is 74.0 Å². The number of hydrogen-bond donors (Lipinski definition) is 1.